The number of carbonyl (C=O) groups excluding carboxylic acids is 1. The Balaban J connectivity index is 3.26. The number of rotatable bonds is 2. The van der Waals surface area contributed by atoms with Crippen LogP contribution >= 0.6 is 34.2 Å². The van der Waals surface area contributed by atoms with E-state index in [0.29, 0.717) is 0 Å². The van der Waals surface area contributed by atoms with Crippen molar-refractivity contribution in [3.05, 3.63) is 32.9 Å². The fraction of sp³-hybridized carbons (Fsp3) is 0.125. The maximum atomic E-state index is 12.9. The van der Waals surface area contributed by atoms with Gasteiger partial charge < -0.3 is 0 Å². The van der Waals surface area contributed by atoms with E-state index in [1.165, 1.54) is 6.07 Å². The lowest BCUT2D eigenvalue weighted by Crippen LogP contribution is -2.05. The van der Waals surface area contributed by atoms with Crippen LogP contribution < -0.4 is 0 Å². The predicted octanol–water partition coefficient (Wildman–Crippen LogP) is 2.99. The van der Waals surface area contributed by atoms with Crippen molar-refractivity contribution in [2.45, 2.75) is 0 Å². The molecule has 0 aliphatic carbocycles. The molecule has 1 aromatic rings. The fourth-order valence-corrected chi connectivity index (χ4v) is 1.70. The molecule has 70 valence electrons. The van der Waals surface area contributed by atoms with Gasteiger partial charge in [-0.05, 0) is 34.7 Å². The summed E-state index contributed by atoms with van der Waals surface area (Å²) in [6, 6.07) is 2.14. The molecule has 0 saturated heterocycles. The van der Waals surface area contributed by atoms with Gasteiger partial charge in [-0.25, -0.2) is 8.78 Å². The van der Waals surface area contributed by atoms with Crippen molar-refractivity contribution in [3.63, 3.8) is 0 Å². The first-order valence-corrected chi connectivity index (χ1v) is 4.92. The van der Waals surface area contributed by atoms with Gasteiger partial charge in [-0.2, -0.15) is 0 Å². The van der Waals surface area contributed by atoms with E-state index in [-0.39, 0.29) is 15.0 Å². The summed E-state index contributed by atoms with van der Waals surface area (Å²) in [6.45, 7) is 0. The van der Waals surface area contributed by atoms with Crippen molar-refractivity contribution in [2.24, 2.45) is 0 Å². The molecule has 0 bridgehead atoms. The monoisotopic (exact) mass is 316 g/mol. The van der Waals surface area contributed by atoms with Gasteiger partial charge in [-0.1, -0.05) is 0 Å². The van der Waals surface area contributed by atoms with Gasteiger partial charge >= 0.3 is 0 Å². The van der Waals surface area contributed by atoms with E-state index >= 15 is 0 Å². The molecule has 0 aromatic heterocycles. The topological polar surface area (TPSA) is 17.1 Å². The molecule has 0 amide bonds. The van der Waals surface area contributed by atoms with Crippen molar-refractivity contribution >= 4 is 40.0 Å². The second kappa shape index (κ2) is 4.32. The summed E-state index contributed by atoms with van der Waals surface area (Å²) in [5.41, 5.74) is 0.120. The van der Waals surface area contributed by atoms with E-state index in [9.17, 15) is 13.6 Å². The second-order valence-electron chi connectivity index (χ2n) is 2.28. The number of Topliss-reactive ketones (excluding diaryl/α,β-unsaturated/α-hetero) is 1. The van der Waals surface area contributed by atoms with Crippen molar-refractivity contribution in [2.75, 3.05) is 5.88 Å². The molecule has 0 unspecified atom stereocenters. The van der Waals surface area contributed by atoms with Gasteiger partial charge in [0.2, 0.25) is 0 Å². The first kappa shape index (κ1) is 10.8. The summed E-state index contributed by atoms with van der Waals surface area (Å²) in [5, 5.41) is 0. The van der Waals surface area contributed by atoms with Crippen LogP contribution in [0.3, 0.4) is 0 Å². The summed E-state index contributed by atoms with van der Waals surface area (Å²) < 4.78 is 25.5. The molecule has 13 heavy (non-hydrogen) atoms. The average Bonchev–Trinajstić information content (AvgIpc) is 2.13. The van der Waals surface area contributed by atoms with Gasteiger partial charge in [0.15, 0.2) is 17.4 Å². The minimum Gasteiger partial charge on any atom is -0.293 e. The van der Waals surface area contributed by atoms with Crippen molar-refractivity contribution < 1.29 is 13.6 Å². The Kier molecular flexibility index (Phi) is 3.61. The van der Waals surface area contributed by atoms with Crippen LogP contribution in [0, 0.1) is 15.2 Å². The normalized spacial score (nSPS) is 10.2. The Morgan fingerprint density at radius 2 is 2.08 bits per heavy atom. The summed E-state index contributed by atoms with van der Waals surface area (Å²) >= 11 is 6.86. The van der Waals surface area contributed by atoms with Gasteiger partial charge in [-0.15, -0.1) is 11.6 Å². The van der Waals surface area contributed by atoms with Crippen LogP contribution in [0.4, 0.5) is 8.78 Å². The lowest BCUT2D eigenvalue weighted by Gasteiger charge is -2.02. The van der Waals surface area contributed by atoms with Gasteiger partial charge in [0.25, 0.3) is 0 Å². The number of alkyl halides is 1. The third kappa shape index (κ3) is 2.17. The maximum absolute atomic E-state index is 12.9. The second-order valence-corrected chi connectivity index (χ2v) is 3.63. The van der Waals surface area contributed by atoms with Crippen molar-refractivity contribution in [1.82, 2.24) is 0 Å². The molecule has 0 aliphatic rings. The van der Waals surface area contributed by atoms with E-state index in [1.54, 1.807) is 22.6 Å². The van der Waals surface area contributed by atoms with Crippen LogP contribution in [0.1, 0.15) is 10.4 Å². The molecule has 0 fully saturated rings. The van der Waals surface area contributed by atoms with Gasteiger partial charge in [0.1, 0.15) is 0 Å². The first-order chi connectivity index (χ1) is 6.07. The number of hydrogen-bond donors (Lipinski definition) is 0. The Hall–Kier alpha value is -0.230. The van der Waals surface area contributed by atoms with Crippen LogP contribution in [0.15, 0.2) is 12.1 Å². The molecule has 1 aromatic carbocycles. The minimum absolute atomic E-state index is 0.0248. The molecule has 0 saturated carbocycles. The third-order valence-corrected chi connectivity index (χ3v) is 2.75. The standard InChI is InChI=1S/C8H4ClF2IO/c9-3-6(13)4-1-2-5(10)7(11)8(4)12/h1-2H,3H2. The quantitative estimate of drug-likeness (QED) is 0.355. The minimum atomic E-state index is -1.00. The van der Waals surface area contributed by atoms with E-state index in [0.717, 1.165) is 6.07 Å². The average molecular weight is 316 g/mol. The van der Waals surface area contributed by atoms with E-state index in [1.807, 2.05) is 0 Å². The number of ketones is 1. The van der Waals surface area contributed by atoms with Crippen LogP contribution in [0.5, 0.6) is 0 Å². The Bertz CT molecular complexity index is 354. The highest BCUT2D eigenvalue weighted by Gasteiger charge is 2.15. The Morgan fingerprint density at radius 1 is 1.46 bits per heavy atom. The molecular formula is C8H4ClF2IO. The molecule has 5 heteroatoms. The predicted molar refractivity (Wildman–Crippen MR) is 54.1 cm³/mol. The molecule has 0 radical (unpaired) electrons. The zero-order valence-electron chi connectivity index (χ0n) is 6.28. The van der Waals surface area contributed by atoms with Crippen LogP contribution in [-0.4, -0.2) is 11.7 Å². The molecule has 1 nitrogen and oxygen atoms in total. The van der Waals surface area contributed by atoms with Crippen LogP contribution in [-0.2, 0) is 0 Å². The molecule has 0 heterocycles. The Morgan fingerprint density at radius 3 is 2.62 bits per heavy atom. The van der Waals surface area contributed by atoms with Crippen molar-refractivity contribution in [3.8, 4) is 0 Å². The van der Waals surface area contributed by atoms with E-state index < -0.39 is 17.4 Å². The molecule has 0 atom stereocenters. The highest BCUT2D eigenvalue weighted by molar-refractivity contribution is 14.1. The summed E-state index contributed by atoms with van der Waals surface area (Å²) in [5.74, 6) is -2.61. The van der Waals surface area contributed by atoms with Gasteiger partial charge in [0, 0.05) is 5.56 Å². The SMILES string of the molecule is O=C(CCl)c1ccc(F)c(F)c1I. The number of hydrogen-bond acceptors (Lipinski definition) is 1. The van der Waals surface area contributed by atoms with E-state index in [4.69, 9.17) is 11.6 Å². The summed E-state index contributed by atoms with van der Waals surface area (Å²) in [7, 11) is 0. The zero-order valence-corrected chi connectivity index (χ0v) is 9.20. The third-order valence-electron chi connectivity index (χ3n) is 1.46. The Labute approximate surface area is 92.2 Å². The van der Waals surface area contributed by atoms with Crippen molar-refractivity contribution in [1.29, 1.82) is 0 Å². The number of benzene rings is 1. The lowest BCUT2D eigenvalue weighted by molar-refractivity contribution is 0.101. The summed E-state index contributed by atoms with van der Waals surface area (Å²) in [6.07, 6.45) is 0. The highest BCUT2D eigenvalue weighted by atomic mass is 127. The molecule has 1 rings (SSSR count). The zero-order chi connectivity index (χ0) is 10.0. The molecule has 0 aliphatic heterocycles. The van der Waals surface area contributed by atoms with E-state index in [2.05, 4.69) is 0 Å². The number of carbonyl (C=O) groups is 1. The smallest absolute Gasteiger partial charge is 0.178 e. The van der Waals surface area contributed by atoms with Crippen LogP contribution in [0.25, 0.3) is 0 Å². The summed E-state index contributed by atoms with van der Waals surface area (Å²) in [4.78, 5) is 11.1. The largest absolute Gasteiger partial charge is 0.293 e. The van der Waals surface area contributed by atoms with Gasteiger partial charge in [0.05, 0.1) is 9.45 Å². The first-order valence-electron chi connectivity index (χ1n) is 3.30. The molecule has 0 spiro atoms. The molecule has 0 N–H and O–H groups in total. The lowest BCUT2D eigenvalue weighted by atomic mass is 10.1. The maximum Gasteiger partial charge on any atom is 0.178 e. The molecular weight excluding hydrogens is 312 g/mol. The fourth-order valence-electron chi connectivity index (χ4n) is 0.813. The number of halogens is 4. The highest BCUT2D eigenvalue weighted by Crippen LogP contribution is 2.19. The van der Waals surface area contributed by atoms with Crippen LogP contribution in [0.2, 0.25) is 0 Å². The van der Waals surface area contributed by atoms with Gasteiger partial charge in [-0.3, -0.25) is 4.79 Å².